The molecule has 0 saturated heterocycles. The second-order valence-corrected chi connectivity index (χ2v) is 2.09. The van der Waals surface area contributed by atoms with Gasteiger partial charge in [0, 0.05) is 0 Å². The second-order valence-electron chi connectivity index (χ2n) is 1.15. The predicted molar refractivity (Wildman–Crippen MR) is 29.1 cm³/mol. The Bertz CT molecular complexity index is 117. The first-order valence-electron chi connectivity index (χ1n) is 1.79. The van der Waals surface area contributed by atoms with Gasteiger partial charge in [0.25, 0.3) is 0 Å². The van der Waals surface area contributed by atoms with Crippen molar-refractivity contribution >= 4 is 7.91 Å². The van der Waals surface area contributed by atoms with Gasteiger partial charge in [-0.05, 0) is 6.92 Å². The Morgan fingerprint density at radius 3 is 1.67 bits per heavy atom. The summed E-state index contributed by atoms with van der Waals surface area (Å²) in [7, 11) is -5.14. The first kappa shape index (κ1) is 11.5. The van der Waals surface area contributed by atoms with E-state index < -0.39 is 7.91 Å². The third-order valence-electron chi connectivity index (χ3n) is 0. The van der Waals surface area contributed by atoms with Gasteiger partial charge in [0.05, 0.1) is 5.83 Å². The van der Waals surface area contributed by atoms with E-state index in [1.165, 1.54) is 6.92 Å². The van der Waals surface area contributed by atoms with Crippen molar-refractivity contribution in [3.05, 3.63) is 12.4 Å². The van der Waals surface area contributed by atoms with Gasteiger partial charge < -0.3 is 0 Å². The zero-order chi connectivity index (χ0) is 8.08. The van der Waals surface area contributed by atoms with Crippen LogP contribution in [0, 0.1) is 0 Å². The lowest BCUT2D eigenvalue weighted by Crippen LogP contribution is -1.56. The Labute approximate surface area is 51.3 Å². The lowest BCUT2D eigenvalue weighted by molar-refractivity contribution is 0.322. The van der Waals surface area contributed by atoms with Crippen molar-refractivity contribution in [2.75, 3.05) is 0 Å². The molecular formula is C3H7F2O3P. The molecule has 0 aliphatic carbocycles. The maximum atomic E-state index is 10.8. The fourth-order valence-corrected chi connectivity index (χ4v) is 0. The monoisotopic (exact) mass is 160 g/mol. The van der Waals surface area contributed by atoms with E-state index in [-0.39, 0.29) is 5.83 Å². The predicted octanol–water partition coefficient (Wildman–Crippen LogP) is 1.54. The molecule has 0 atom stereocenters. The number of rotatable bonds is 0. The Morgan fingerprint density at radius 1 is 1.67 bits per heavy atom. The van der Waals surface area contributed by atoms with Gasteiger partial charge in [-0.1, -0.05) is 6.58 Å². The Kier molecular flexibility index (Phi) is 5.91. The molecule has 0 rings (SSSR count). The van der Waals surface area contributed by atoms with E-state index in [4.69, 9.17) is 14.4 Å². The molecular weight excluding hydrogens is 153 g/mol. The van der Waals surface area contributed by atoms with Gasteiger partial charge in [-0.3, -0.25) is 9.79 Å². The lowest BCUT2D eigenvalue weighted by Gasteiger charge is -1.77. The molecule has 0 unspecified atom stereocenters. The quantitative estimate of drug-likeness (QED) is 0.528. The topological polar surface area (TPSA) is 57.5 Å². The summed E-state index contributed by atoms with van der Waals surface area (Å²) in [4.78, 5) is 13.9. The average molecular weight is 160 g/mol. The molecule has 0 aliphatic rings. The van der Waals surface area contributed by atoms with Gasteiger partial charge in [-0.25, -0.2) is 8.96 Å². The molecule has 0 amide bonds. The van der Waals surface area contributed by atoms with E-state index >= 15 is 0 Å². The minimum atomic E-state index is -5.14. The van der Waals surface area contributed by atoms with Crippen LogP contribution in [0.5, 0.6) is 0 Å². The van der Waals surface area contributed by atoms with E-state index in [2.05, 4.69) is 6.58 Å². The van der Waals surface area contributed by atoms with Crippen LogP contribution in [-0.4, -0.2) is 9.79 Å². The molecule has 9 heavy (non-hydrogen) atoms. The van der Waals surface area contributed by atoms with Gasteiger partial charge >= 0.3 is 7.91 Å². The Hall–Kier alpha value is -0.250. The summed E-state index contributed by atoms with van der Waals surface area (Å²) < 4.78 is 29.8. The highest BCUT2D eigenvalue weighted by molar-refractivity contribution is 7.45. The minimum Gasteiger partial charge on any atom is -0.299 e. The van der Waals surface area contributed by atoms with E-state index in [0.717, 1.165) is 0 Å². The van der Waals surface area contributed by atoms with E-state index in [0.29, 0.717) is 0 Å². The van der Waals surface area contributed by atoms with Crippen molar-refractivity contribution in [3.63, 3.8) is 0 Å². The normalized spacial score (nSPS) is 9.44. The molecule has 0 aromatic rings. The summed E-state index contributed by atoms with van der Waals surface area (Å²) in [6, 6.07) is 0. The third kappa shape index (κ3) is 4100. The fourth-order valence-electron chi connectivity index (χ4n) is 0. The highest BCUT2D eigenvalue weighted by Gasteiger charge is 2.04. The smallest absolute Gasteiger partial charge is 0.299 e. The molecule has 56 valence electrons. The Morgan fingerprint density at radius 2 is 1.67 bits per heavy atom. The maximum Gasteiger partial charge on any atom is 0.507 e. The van der Waals surface area contributed by atoms with Crippen LogP contribution in [0.25, 0.3) is 0 Å². The van der Waals surface area contributed by atoms with Crippen molar-refractivity contribution in [2.45, 2.75) is 6.92 Å². The van der Waals surface area contributed by atoms with Gasteiger partial charge in [0.1, 0.15) is 0 Å². The fraction of sp³-hybridized carbons (Fsp3) is 0.333. The SMILES string of the molecule is C=C(C)F.O=P(O)(O)F. The largest absolute Gasteiger partial charge is 0.507 e. The summed E-state index contributed by atoms with van der Waals surface area (Å²) in [5.74, 6) is -0.333. The molecule has 0 aliphatic heterocycles. The summed E-state index contributed by atoms with van der Waals surface area (Å²) in [6.45, 7) is 4.19. The first-order valence-corrected chi connectivity index (χ1v) is 3.30. The van der Waals surface area contributed by atoms with Crippen LogP contribution in [0.1, 0.15) is 6.92 Å². The molecule has 0 heterocycles. The summed E-state index contributed by atoms with van der Waals surface area (Å²) >= 11 is 0. The zero-order valence-electron chi connectivity index (χ0n) is 4.71. The molecule has 6 heteroatoms. The number of hydrogen-bond donors (Lipinski definition) is 2. The van der Waals surface area contributed by atoms with Crippen molar-refractivity contribution in [2.24, 2.45) is 0 Å². The molecule has 0 saturated carbocycles. The molecule has 2 N–H and O–H groups in total. The van der Waals surface area contributed by atoms with Crippen LogP contribution in [0.4, 0.5) is 8.59 Å². The zero-order valence-corrected chi connectivity index (χ0v) is 5.61. The van der Waals surface area contributed by atoms with Crippen LogP contribution in [-0.2, 0) is 4.57 Å². The highest BCUT2D eigenvalue weighted by Crippen LogP contribution is 2.34. The molecule has 0 aromatic heterocycles. The van der Waals surface area contributed by atoms with Crippen LogP contribution >= 0.6 is 7.91 Å². The van der Waals surface area contributed by atoms with E-state index in [1.54, 1.807) is 0 Å². The number of hydrogen-bond acceptors (Lipinski definition) is 1. The molecule has 0 aromatic carbocycles. The van der Waals surface area contributed by atoms with Gasteiger partial charge in [0.2, 0.25) is 0 Å². The highest BCUT2D eigenvalue weighted by atomic mass is 31.2. The summed E-state index contributed by atoms with van der Waals surface area (Å²) in [6.07, 6.45) is 0. The minimum absolute atomic E-state index is 0.333. The van der Waals surface area contributed by atoms with Crippen molar-refractivity contribution in [3.8, 4) is 0 Å². The Balaban J connectivity index is 0. The summed E-state index contributed by atoms with van der Waals surface area (Å²) in [5, 5.41) is 0. The third-order valence-corrected chi connectivity index (χ3v) is 0. The van der Waals surface area contributed by atoms with Crippen LogP contribution in [0.15, 0.2) is 12.4 Å². The number of halogens is 2. The molecule has 0 bridgehead atoms. The number of allylic oxidation sites excluding steroid dienone is 1. The standard InChI is InChI=1S/C3H5F.FH2O3P/c1-3(2)4;1-5(2,3)4/h1H2,2H3;(H2,2,3,4). The molecule has 0 radical (unpaired) electrons. The van der Waals surface area contributed by atoms with Crippen molar-refractivity contribution in [1.29, 1.82) is 0 Å². The molecule has 0 spiro atoms. The van der Waals surface area contributed by atoms with Crippen LogP contribution in [0.2, 0.25) is 0 Å². The van der Waals surface area contributed by atoms with Crippen LogP contribution < -0.4 is 0 Å². The average Bonchev–Trinajstić information content (AvgIpc) is 1.19. The first-order chi connectivity index (χ1) is 3.73. The van der Waals surface area contributed by atoms with E-state index in [1.807, 2.05) is 0 Å². The lowest BCUT2D eigenvalue weighted by atomic mass is 10.7. The van der Waals surface area contributed by atoms with Gasteiger partial charge in [0.15, 0.2) is 0 Å². The van der Waals surface area contributed by atoms with Crippen molar-refractivity contribution in [1.82, 2.24) is 0 Å². The second kappa shape index (κ2) is 4.61. The molecule has 0 fully saturated rings. The van der Waals surface area contributed by atoms with Crippen LogP contribution in [0.3, 0.4) is 0 Å². The van der Waals surface area contributed by atoms with Gasteiger partial charge in [-0.15, -0.1) is 4.20 Å². The summed E-state index contributed by atoms with van der Waals surface area (Å²) in [5.41, 5.74) is 0. The maximum absolute atomic E-state index is 10.8. The van der Waals surface area contributed by atoms with Gasteiger partial charge in [-0.2, -0.15) is 0 Å². The molecule has 3 nitrogen and oxygen atoms in total. The van der Waals surface area contributed by atoms with E-state index in [9.17, 15) is 8.59 Å². The van der Waals surface area contributed by atoms with Crippen molar-refractivity contribution < 1.29 is 22.9 Å².